The molecule has 2 N–H and O–H groups in total. The molecule has 0 bridgehead atoms. The van der Waals surface area contributed by atoms with E-state index in [9.17, 15) is 8.42 Å². The summed E-state index contributed by atoms with van der Waals surface area (Å²) in [4.78, 5) is 7.33. The maximum Gasteiger partial charge on any atom is 0.191 e. The summed E-state index contributed by atoms with van der Waals surface area (Å²) in [7, 11) is -3.29. The molecule has 0 atom stereocenters. The molecule has 1 aromatic carbocycles. The highest BCUT2D eigenvalue weighted by molar-refractivity contribution is 7.91. The maximum absolute atomic E-state index is 12.3. The molecule has 26 heavy (non-hydrogen) atoms. The molecule has 1 aromatic rings. The summed E-state index contributed by atoms with van der Waals surface area (Å²) in [5.74, 6) is 0.729. The van der Waals surface area contributed by atoms with Gasteiger partial charge < -0.3 is 15.5 Å². The van der Waals surface area contributed by atoms with Crippen molar-refractivity contribution in [3.63, 3.8) is 0 Å². The highest BCUT2D eigenvalue weighted by Gasteiger charge is 2.19. The van der Waals surface area contributed by atoms with E-state index in [-0.39, 0.29) is 12.3 Å². The Hall–Kier alpha value is -1.60. The number of guanidine groups is 1. The Bertz CT molecular complexity index is 653. The van der Waals surface area contributed by atoms with Crippen LogP contribution >= 0.6 is 0 Å². The van der Waals surface area contributed by atoms with Crippen molar-refractivity contribution >= 4 is 15.8 Å². The molecule has 1 aliphatic rings. The lowest BCUT2D eigenvalue weighted by molar-refractivity contribution is 0.206. The van der Waals surface area contributed by atoms with E-state index < -0.39 is 9.84 Å². The third kappa shape index (κ3) is 6.61. The van der Waals surface area contributed by atoms with Crippen LogP contribution in [0.4, 0.5) is 0 Å². The van der Waals surface area contributed by atoms with Gasteiger partial charge in [-0.3, -0.25) is 4.99 Å². The molecule has 0 spiro atoms. The number of likely N-dealkylation sites (tertiary alicyclic amines) is 1. The number of rotatable bonds is 8. The number of nitrogens with zero attached hydrogens (tertiary/aromatic N) is 2. The quantitative estimate of drug-likeness (QED) is 0.532. The minimum absolute atomic E-state index is 0.0164. The van der Waals surface area contributed by atoms with E-state index in [2.05, 4.69) is 27.4 Å². The Morgan fingerprint density at radius 1 is 1.19 bits per heavy atom. The van der Waals surface area contributed by atoms with Crippen molar-refractivity contribution in [3.8, 4) is 0 Å². The molecule has 146 valence electrons. The fourth-order valence-electron chi connectivity index (χ4n) is 3.15. The van der Waals surface area contributed by atoms with Crippen molar-refractivity contribution in [1.82, 2.24) is 15.5 Å². The van der Waals surface area contributed by atoms with Gasteiger partial charge in [-0.25, -0.2) is 8.42 Å². The third-order valence-electron chi connectivity index (χ3n) is 4.54. The number of piperidine rings is 1. The summed E-state index contributed by atoms with van der Waals surface area (Å²) in [5, 5.41) is 6.69. The second kappa shape index (κ2) is 10.5. The average Bonchev–Trinajstić information content (AvgIpc) is 2.64. The Kier molecular flexibility index (Phi) is 8.38. The normalized spacial score (nSPS) is 17.2. The van der Waals surface area contributed by atoms with E-state index in [4.69, 9.17) is 0 Å². The molecule has 2 rings (SSSR count). The zero-order valence-electron chi connectivity index (χ0n) is 15.9. The highest BCUT2D eigenvalue weighted by atomic mass is 32.2. The van der Waals surface area contributed by atoms with E-state index in [1.54, 1.807) is 24.3 Å². The topological polar surface area (TPSA) is 73.8 Å². The van der Waals surface area contributed by atoms with E-state index in [0.29, 0.717) is 16.9 Å². The third-order valence-corrected chi connectivity index (χ3v) is 6.26. The first-order chi connectivity index (χ1) is 12.5. The summed E-state index contributed by atoms with van der Waals surface area (Å²) < 4.78 is 24.7. The van der Waals surface area contributed by atoms with Gasteiger partial charge in [0.25, 0.3) is 0 Å². The Morgan fingerprint density at radius 2 is 1.88 bits per heavy atom. The molecular weight excluding hydrogens is 348 g/mol. The van der Waals surface area contributed by atoms with Gasteiger partial charge >= 0.3 is 0 Å². The van der Waals surface area contributed by atoms with Crippen LogP contribution in [0.1, 0.15) is 33.1 Å². The molecule has 1 heterocycles. The molecule has 0 amide bonds. The average molecular weight is 381 g/mol. The van der Waals surface area contributed by atoms with Crippen LogP contribution < -0.4 is 10.6 Å². The Balaban J connectivity index is 1.87. The standard InChI is InChI=1S/C19H32N4O2S/c1-3-13-23-14-10-17(11-15-23)22-19(20-4-2)21-12-16-26(24,25)18-8-6-5-7-9-18/h5-9,17H,3-4,10-16H2,1-2H3,(H2,20,21,22). The smallest absolute Gasteiger partial charge is 0.191 e. The van der Waals surface area contributed by atoms with Crippen molar-refractivity contribution in [2.45, 2.75) is 44.0 Å². The molecule has 0 saturated carbocycles. The molecule has 1 fully saturated rings. The number of sulfone groups is 1. The molecule has 0 radical (unpaired) electrons. The van der Waals surface area contributed by atoms with Gasteiger partial charge in [0.1, 0.15) is 0 Å². The maximum atomic E-state index is 12.3. The molecule has 1 saturated heterocycles. The van der Waals surface area contributed by atoms with Crippen LogP contribution in [0.3, 0.4) is 0 Å². The van der Waals surface area contributed by atoms with Gasteiger partial charge in [0, 0.05) is 25.7 Å². The fourth-order valence-corrected chi connectivity index (χ4v) is 4.29. The lowest BCUT2D eigenvalue weighted by Crippen LogP contribution is -2.48. The van der Waals surface area contributed by atoms with Crippen LogP contribution in [0.15, 0.2) is 40.2 Å². The largest absolute Gasteiger partial charge is 0.357 e. The first-order valence-corrected chi connectivity index (χ1v) is 11.3. The predicted octanol–water partition coefficient (Wildman–Crippen LogP) is 1.89. The van der Waals surface area contributed by atoms with Crippen LogP contribution in [-0.4, -0.2) is 63.8 Å². The SMILES string of the molecule is CCCN1CCC(NC(=NCCS(=O)(=O)c2ccccc2)NCC)CC1. The Labute approximate surface area is 158 Å². The van der Waals surface area contributed by atoms with Gasteiger partial charge in [0.15, 0.2) is 15.8 Å². The molecular formula is C19H32N4O2S. The summed E-state index contributed by atoms with van der Waals surface area (Å²) in [6, 6.07) is 8.96. The zero-order chi connectivity index (χ0) is 18.8. The van der Waals surface area contributed by atoms with Crippen molar-refractivity contribution < 1.29 is 8.42 Å². The van der Waals surface area contributed by atoms with E-state index in [1.165, 1.54) is 6.42 Å². The highest BCUT2D eigenvalue weighted by Crippen LogP contribution is 2.11. The van der Waals surface area contributed by atoms with Gasteiger partial charge in [-0.15, -0.1) is 0 Å². The summed E-state index contributed by atoms with van der Waals surface area (Å²) in [6.07, 6.45) is 3.37. The molecule has 0 aliphatic carbocycles. The van der Waals surface area contributed by atoms with Gasteiger partial charge in [0.05, 0.1) is 17.2 Å². The van der Waals surface area contributed by atoms with Crippen LogP contribution in [0, 0.1) is 0 Å². The first kappa shape index (κ1) is 20.7. The van der Waals surface area contributed by atoms with E-state index in [0.717, 1.165) is 39.0 Å². The molecule has 1 aliphatic heterocycles. The number of benzene rings is 1. The van der Waals surface area contributed by atoms with E-state index in [1.807, 2.05) is 13.0 Å². The van der Waals surface area contributed by atoms with E-state index >= 15 is 0 Å². The number of hydrogen-bond donors (Lipinski definition) is 2. The van der Waals surface area contributed by atoms with Crippen molar-refractivity contribution in [2.24, 2.45) is 4.99 Å². The lowest BCUT2D eigenvalue weighted by Gasteiger charge is -2.32. The van der Waals surface area contributed by atoms with Crippen molar-refractivity contribution in [1.29, 1.82) is 0 Å². The molecule has 6 nitrogen and oxygen atoms in total. The fraction of sp³-hybridized carbons (Fsp3) is 0.632. The second-order valence-corrected chi connectivity index (χ2v) is 8.76. The predicted molar refractivity (Wildman–Crippen MR) is 107 cm³/mol. The van der Waals surface area contributed by atoms with Crippen molar-refractivity contribution in [2.75, 3.05) is 38.5 Å². The monoisotopic (exact) mass is 380 g/mol. The first-order valence-electron chi connectivity index (χ1n) is 9.60. The van der Waals surface area contributed by atoms with Crippen LogP contribution in [0.2, 0.25) is 0 Å². The van der Waals surface area contributed by atoms with Gasteiger partial charge in [0.2, 0.25) is 0 Å². The number of hydrogen-bond acceptors (Lipinski definition) is 4. The second-order valence-electron chi connectivity index (χ2n) is 6.65. The zero-order valence-corrected chi connectivity index (χ0v) is 16.8. The van der Waals surface area contributed by atoms with Gasteiger partial charge in [-0.05, 0) is 44.9 Å². The number of aliphatic imine (C=N–C) groups is 1. The minimum atomic E-state index is -3.29. The van der Waals surface area contributed by atoms with Crippen LogP contribution in [0.25, 0.3) is 0 Å². The lowest BCUT2D eigenvalue weighted by atomic mass is 10.1. The minimum Gasteiger partial charge on any atom is -0.357 e. The summed E-state index contributed by atoms with van der Waals surface area (Å²) in [6.45, 7) is 8.61. The van der Waals surface area contributed by atoms with Crippen LogP contribution in [0.5, 0.6) is 0 Å². The summed E-state index contributed by atoms with van der Waals surface area (Å²) in [5.41, 5.74) is 0. The summed E-state index contributed by atoms with van der Waals surface area (Å²) >= 11 is 0. The Morgan fingerprint density at radius 3 is 2.50 bits per heavy atom. The molecule has 0 unspecified atom stereocenters. The van der Waals surface area contributed by atoms with Crippen LogP contribution in [-0.2, 0) is 9.84 Å². The van der Waals surface area contributed by atoms with Crippen molar-refractivity contribution in [3.05, 3.63) is 30.3 Å². The van der Waals surface area contributed by atoms with Gasteiger partial charge in [-0.1, -0.05) is 25.1 Å². The number of nitrogens with one attached hydrogen (secondary N) is 2. The van der Waals surface area contributed by atoms with Gasteiger partial charge in [-0.2, -0.15) is 0 Å². The molecule has 7 heteroatoms. The molecule has 0 aromatic heterocycles.